The van der Waals surface area contributed by atoms with Gasteiger partial charge in [-0.1, -0.05) is 11.6 Å². The second-order valence-electron chi connectivity index (χ2n) is 6.48. The third-order valence-corrected chi connectivity index (χ3v) is 4.79. The lowest BCUT2D eigenvalue weighted by Crippen LogP contribution is -2.38. The van der Waals surface area contributed by atoms with Crippen LogP contribution < -0.4 is 0 Å². The minimum Gasteiger partial charge on any atom is -0.335 e. The largest absolute Gasteiger partial charge is 0.335 e. The molecule has 20 heavy (non-hydrogen) atoms. The number of imidazole rings is 1. The summed E-state index contributed by atoms with van der Waals surface area (Å²) in [7, 11) is 0. The SMILES string of the molecule is Cc1nccn1CC1CCCN(CC2=CCCCC2)C1. The van der Waals surface area contributed by atoms with Crippen LogP contribution in [0.2, 0.25) is 0 Å². The van der Waals surface area contributed by atoms with Crippen molar-refractivity contribution in [2.24, 2.45) is 5.92 Å². The van der Waals surface area contributed by atoms with Crippen LogP contribution in [0.5, 0.6) is 0 Å². The van der Waals surface area contributed by atoms with E-state index in [0.717, 1.165) is 18.3 Å². The summed E-state index contributed by atoms with van der Waals surface area (Å²) < 4.78 is 2.31. The Hall–Kier alpha value is -1.09. The van der Waals surface area contributed by atoms with E-state index >= 15 is 0 Å². The lowest BCUT2D eigenvalue weighted by Gasteiger charge is -2.34. The van der Waals surface area contributed by atoms with Crippen LogP contribution in [0.3, 0.4) is 0 Å². The van der Waals surface area contributed by atoms with Crippen molar-refractivity contribution in [1.29, 1.82) is 0 Å². The molecule has 110 valence electrons. The molecule has 0 amide bonds. The van der Waals surface area contributed by atoms with Crippen LogP contribution in [0.25, 0.3) is 0 Å². The molecule has 0 spiro atoms. The van der Waals surface area contributed by atoms with Crippen molar-refractivity contribution in [2.45, 2.75) is 52.0 Å². The van der Waals surface area contributed by atoms with Crippen LogP contribution in [0.1, 0.15) is 44.3 Å². The number of aromatic nitrogens is 2. The quantitative estimate of drug-likeness (QED) is 0.784. The number of nitrogens with zero attached hydrogens (tertiary/aromatic N) is 3. The summed E-state index contributed by atoms with van der Waals surface area (Å²) in [6.45, 7) is 7.01. The van der Waals surface area contributed by atoms with Crippen LogP contribution >= 0.6 is 0 Å². The molecule has 0 aromatic carbocycles. The first kappa shape index (κ1) is 13.9. The minimum atomic E-state index is 0.792. The molecule has 0 N–H and O–H groups in total. The van der Waals surface area contributed by atoms with Gasteiger partial charge in [0.25, 0.3) is 0 Å². The van der Waals surface area contributed by atoms with E-state index in [1.54, 1.807) is 5.57 Å². The molecule has 1 aliphatic carbocycles. The number of allylic oxidation sites excluding steroid dienone is 1. The molecule has 1 aromatic heterocycles. The van der Waals surface area contributed by atoms with E-state index in [0.29, 0.717) is 0 Å². The maximum absolute atomic E-state index is 4.33. The van der Waals surface area contributed by atoms with Gasteiger partial charge in [-0.25, -0.2) is 4.98 Å². The van der Waals surface area contributed by atoms with E-state index in [4.69, 9.17) is 0 Å². The Morgan fingerprint density at radius 2 is 2.25 bits per heavy atom. The Bertz CT molecular complexity index is 461. The molecule has 0 saturated carbocycles. The first-order valence-electron chi connectivity index (χ1n) is 8.19. The van der Waals surface area contributed by atoms with Crippen molar-refractivity contribution in [3.8, 4) is 0 Å². The van der Waals surface area contributed by atoms with Gasteiger partial charge in [0.15, 0.2) is 0 Å². The van der Waals surface area contributed by atoms with Crippen molar-refractivity contribution in [3.63, 3.8) is 0 Å². The number of likely N-dealkylation sites (tertiary alicyclic amines) is 1. The van der Waals surface area contributed by atoms with E-state index in [9.17, 15) is 0 Å². The summed E-state index contributed by atoms with van der Waals surface area (Å²) >= 11 is 0. The van der Waals surface area contributed by atoms with E-state index in [1.807, 2.05) is 6.20 Å². The molecule has 2 aliphatic rings. The van der Waals surface area contributed by atoms with Gasteiger partial charge in [0, 0.05) is 32.0 Å². The van der Waals surface area contributed by atoms with Gasteiger partial charge in [-0.2, -0.15) is 0 Å². The molecule has 1 fully saturated rings. The number of hydrogen-bond donors (Lipinski definition) is 0. The summed E-state index contributed by atoms with van der Waals surface area (Å²) in [6.07, 6.45) is 14.7. The molecule has 0 radical (unpaired) electrons. The predicted molar refractivity (Wildman–Crippen MR) is 82.7 cm³/mol. The lowest BCUT2D eigenvalue weighted by molar-refractivity contribution is 0.172. The molecule has 3 rings (SSSR count). The third-order valence-electron chi connectivity index (χ3n) is 4.79. The molecule has 1 unspecified atom stereocenters. The third kappa shape index (κ3) is 3.51. The van der Waals surface area contributed by atoms with Crippen molar-refractivity contribution < 1.29 is 0 Å². The van der Waals surface area contributed by atoms with E-state index in [-0.39, 0.29) is 0 Å². The normalized spacial score (nSPS) is 24.6. The van der Waals surface area contributed by atoms with Gasteiger partial charge in [0.2, 0.25) is 0 Å². The second kappa shape index (κ2) is 6.57. The number of rotatable bonds is 4. The first-order valence-corrected chi connectivity index (χ1v) is 8.19. The fourth-order valence-electron chi connectivity index (χ4n) is 3.65. The van der Waals surface area contributed by atoms with E-state index in [2.05, 4.69) is 33.6 Å². The summed E-state index contributed by atoms with van der Waals surface area (Å²) in [5.74, 6) is 1.94. The molecule has 3 heteroatoms. The standard InChI is InChI=1S/C17H27N3/c1-15-18-9-11-20(15)14-17-8-5-10-19(13-17)12-16-6-3-2-4-7-16/h6,9,11,17H,2-5,7-8,10,12-14H2,1H3. The molecule has 1 atom stereocenters. The maximum atomic E-state index is 4.33. The van der Waals surface area contributed by atoms with Gasteiger partial charge < -0.3 is 4.57 Å². The van der Waals surface area contributed by atoms with Gasteiger partial charge in [-0.15, -0.1) is 0 Å². The molecule has 1 aromatic rings. The zero-order chi connectivity index (χ0) is 13.8. The van der Waals surface area contributed by atoms with Crippen LogP contribution in [0, 0.1) is 12.8 Å². The highest BCUT2D eigenvalue weighted by atomic mass is 15.1. The summed E-state index contributed by atoms with van der Waals surface area (Å²) in [6, 6.07) is 0. The smallest absolute Gasteiger partial charge is 0.105 e. The number of aryl methyl sites for hydroxylation is 1. The van der Waals surface area contributed by atoms with Gasteiger partial charge in [0.1, 0.15) is 5.82 Å². The topological polar surface area (TPSA) is 21.1 Å². The van der Waals surface area contributed by atoms with Crippen molar-refractivity contribution in [1.82, 2.24) is 14.5 Å². The average molecular weight is 273 g/mol. The fourth-order valence-corrected chi connectivity index (χ4v) is 3.65. The monoisotopic (exact) mass is 273 g/mol. The number of hydrogen-bond acceptors (Lipinski definition) is 2. The van der Waals surface area contributed by atoms with Crippen LogP contribution in [0.15, 0.2) is 24.0 Å². The van der Waals surface area contributed by atoms with Gasteiger partial charge in [-0.05, 0) is 57.9 Å². The number of piperidine rings is 1. The molecule has 1 aliphatic heterocycles. The second-order valence-corrected chi connectivity index (χ2v) is 6.48. The molecule has 3 nitrogen and oxygen atoms in total. The Morgan fingerprint density at radius 1 is 1.30 bits per heavy atom. The van der Waals surface area contributed by atoms with Crippen molar-refractivity contribution >= 4 is 0 Å². The summed E-state index contributed by atoms with van der Waals surface area (Å²) in [4.78, 5) is 7.01. The summed E-state index contributed by atoms with van der Waals surface area (Å²) in [5.41, 5.74) is 1.69. The zero-order valence-electron chi connectivity index (χ0n) is 12.7. The molecular weight excluding hydrogens is 246 g/mol. The fraction of sp³-hybridized carbons (Fsp3) is 0.706. The van der Waals surface area contributed by atoms with Crippen LogP contribution in [0.4, 0.5) is 0 Å². The van der Waals surface area contributed by atoms with E-state index < -0.39 is 0 Å². The Labute approximate surface area is 122 Å². The average Bonchev–Trinajstić information content (AvgIpc) is 2.86. The highest BCUT2D eigenvalue weighted by molar-refractivity contribution is 5.07. The first-order chi connectivity index (χ1) is 9.81. The Kier molecular flexibility index (Phi) is 4.56. The molecule has 1 saturated heterocycles. The Morgan fingerprint density at radius 3 is 3.00 bits per heavy atom. The van der Waals surface area contributed by atoms with Gasteiger partial charge in [-0.3, -0.25) is 4.90 Å². The molecule has 2 heterocycles. The highest BCUT2D eigenvalue weighted by Crippen LogP contribution is 2.23. The zero-order valence-corrected chi connectivity index (χ0v) is 12.7. The van der Waals surface area contributed by atoms with Gasteiger partial charge in [0.05, 0.1) is 0 Å². The lowest BCUT2D eigenvalue weighted by atomic mass is 9.95. The minimum absolute atomic E-state index is 0.792. The predicted octanol–water partition coefficient (Wildman–Crippen LogP) is 3.40. The van der Waals surface area contributed by atoms with Crippen molar-refractivity contribution in [3.05, 3.63) is 29.9 Å². The molecular formula is C17H27N3. The molecule has 0 bridgehead atoms. The summed E-state index contributed by atoms with van der Waals surface area (Å²) in [5, 5.41) is 0. The van der Waals surface area contributed by atoms with Crippen LogP contribution in [-0.2, 0) is 6.54 Å². The van der Waals surface area contributed by atoms with E-state index in [1.165, 1.54) is 58.2 Å². The maximum Gasteiger partial charge on any atom is 0.105 e. The Balaban J connectivity index is 1.53. The van der Waals surface area contributed by atoms with Gasteiger partial charge >= 0.3 is 0 Å². The highest BCUT2D eigenvalue weighted by Gasteiger charge is 2.21. The van der Waals surface area contributed by atoms with Crippen molar-refractivity contribution in [2.75, 3.05) is 19.6 Å². The van der Waals surface area contributed by atoms with Crippen LogP contribution in [-0.4, -0.2) is 34.1 Å².